The van der Waals surface area contributed by atoms with E-state index in [-0.39, 0.29) is 23.1 Å². The van der Waals surface area contributed by atoms with E-state index in [1.54, 1.807) is 18.2 Å². The first-order valence-corrected chi connectivity index (χ1v) is 13.1. The molecular formula is C28H24Cl2F3NO10. The number of ether oxygens (including phenoxy) is 4. The fourth-order valence-corrected chi connectivity index (χ4v) is 3.62. The lowest BCUT2D eigenvalue weighted by molar-refractivity contribution is -0.385. The largest absolute Gasteiger partial charge is 0.479 e. The summed E-state index contributed by atoms with van der Waals surface area (Å²) in [5.41, 5.74) is -1.34. The molecule has 0 saturated carbocycles. The highest BCUT2D eigenvalue weighted by Crippen LogP contribution is 2.37. The smallest absolute Gasteiger partial charge is 0.416 e. The predicted molar refractivity (Wildman–Crippen MR) is 150 cm³/mol. The van der Waals surface area contributed by atoms with E-state index in [1.165, 1.54) is 13.8 Å². The topological polar surface area (TPSA) is 152 Å². The van der Waals surface area contributed by atoms with Crippen molar-refractivity contribution in [2.24, 2.45) is 0 Å². The summed E-state index contributed by atoms with van der Waals surface area (Å²) >= 11 is 11.6. The number of nitrogens with zero attached hydrogens (tertiary/aromatic N) is 1. The summed E-state index contributed by atoms with van der Waals surface area (Å²) in [5, 5.41) is 20.0. The maximum Gasteiger partial charge on any atom is 0.416 e. The van der Waals surface area contributed by atoms with Crippen molar-refractivity contribution in [3.63, 3.8) is 0 Å². The van der Waals surface area contributed by atoms with Crippen LogP contribution in [0.3, 0.4) is 0 Å². The van der Waals surface area contributed by atoms with Gasteiger partial charge in [0.2, 0.25) is 0 Å². The second-order valence-corrected chi connectivity index (χ2v) is 9.41. The Kier molecular flexibility index (Phi) is 12.8. The highest BCUT2D eigenvalue weighted by molar-refractivity contribution is 6.32. The average Bonchev–Trinajstić information content (AvgIpc) is 2.94. The quantitative estimate of drug-likeness (QED) is 0.133. The Morgan fingerprint density at radius 2 is 1.66 bits per heavy atom. The van der Waals surface area contributed by atoms with Crippen molar-refractivity contribution in [1.29, 1.82) is 0 Å². The van der Waals surface area contributed by atoms with Crippen LogP contribution < -0.4 is 9.47 Å². The average molecular weight is 662 g/mol. The van der Waals surface area contributed by atoms with E-state index < -0.39 is 58.5 Å². The molecule has 1 atom stereocenters. The van der Waals surface area contributed by atoms with E-state index in [0.29, 0.717) is 16.8 Å². The Hall–Kier alpha value is -4.56. The highest BCUT2D eigenvalue weighted by Gasteiger charge is 2.31. The molecule has 0 amide bonds. The zero-order chi connectivity index (χ0) is 33.2. The van der Waals surface area contributed by atoms with E-state index in [1.807, 2.05) is 6.92 Å². The Labute approximate surface area is 258 Å². The number of carboxylic acid groups (broad SMARTS) is 1. The third kappa shape index (κ3) is 10.6. The van der Waals surface area contributed by atoms with Crippen LogP contribution in [0.1, 0.15) is 35.3 Å². The Balaban J connectivity index is 0.000000402. The maximum atomic E-state index is 12.7. The summed E-state index contributed by atoms with van der Waals surface area (Å²) in [7, 11) is 0. The monoisotopic (exact) mass is 661 g/mol. The number of rotatable bonds is 10. The molecule has 0 aliphatic rings. The number of carbonyl (C=O) groups excluding carboxylic acids is 2. The molecule has 1 N–H and O–H groups in total. The highest BCUT2D eigenvalue weighted by atomic mass is 35.5. The van der Waals surface area contributed by atoms with Crippen molar-refractivity contribution in [3.8, 4) is 17.2 Å². The number of halogens is 5. The molecule has 0 spiro atoms. The number of carboxylic acids is 1. The van der Waals surface area contributed by atoms with Crippen LogP contribution in [-0.4, -0.2) is 47.3 Å². The van der Waals surface area contributed by atoms with Gasteiger partial charge in [-0.1, -0.05) is 23.2 Å². The van der Waals surface area contributed by atoms with E-state index in [0.717, 1.165) is 35.9 Å². The van der Waals surface area contributed by atoms with Gasteiger partial charge in [-0.05, 0) is 68.8 Å². The van der Waals surface area contributed by atoms with Gasteiger partial charge in [0, 0.05) is 17.2 Å². The minimum Gasteiger partial charge on any atom is -0.479 e. The molecule has 16 heteroatoms. The number of carbonyl (C=O) groups is 3. The van der Waals surface area contributed by atoms with E-state index >= 15 is 0 Å². The number of esters is 2. The summed E-state index contributed by atoms with van der Waals surface area (Å²) in [5.74, 6) is -2.80. The number of hydrogen-bond donors (Lipinski definition) is 1. The fourth-order valence-electron chi connectivity index (χ4n) is 3.18. The molecule has 0 heterocycles. The Morgan fingerprint density at radius 1 is 1.00 bits per heavy atom. The van der Waals surface area contributed by atoms with Gasteiger partial charge in [0.05, 0.1) is 22.1 Å². The first-order valence-electron chi connectivity index (χ1n) is 12.3. The SMILES string of the molecule is CCOC(=O)COC(=O)c1cc(Oc2ccc(C(F)(F)F)cc2Cl)ccc1[N+](=O)[O-].Cc1cc(Cl)ccc1OC(C)C(=O)O. The van der Waals surface area contributed by atoms with Crippen LogP contribution in [0.2, 0.25) is 10.0 Å². The second kappa shape index (κ2) is 15.8. The first kappa shape index (κ1) is 35.6. The summed E-state index contributed by atoms with van der Waals surface area (Å²) in [6, 6.07) is 10.4. The summed E-state index contributed by atoms with van der Waals surface area (Å²) < 4.78 is 58.0. The first-order chi connectivity index (χ1) is 20.5. The van der Waals surface area contributed by atoms with Crippen LogP contribution in [0.25, 0.3) is 0 Å². The molecule has 3 rings (SSSR count). The van der Waals surface area contributed by atoms with Gasteiger partial charge >= 0.3 is 24.1 Å². The third-order valence-corrected chi connectivity index (χ3v) is 5.82. The lowest BCUT2D eigenvalue weighted by Gasteiger charge is -2.12. The van der Waals surface area contributed by atoms with Gasteiger partial charge in [-0.25, -0.2) is 14.4 Å². The van der Waals surface area contributed by atoms with Crippen LogP contribution in [0.5, 0.6) is 17.2 Å². The zero-order valence-corrected chi connectivity index (χ0v) is 24.7. The van der Waals surface area contributed by atoms with E-state index in [9.17, 15) is 37.7 Å². The standard InChI is InChI=1S/C18H13ClF3NO7.C10H11ClO3/c1-2-28-16(24)9-29-17(25)12-8-11(4-5-14(12)23(26)27)30-15-6-3-10(7-13(15)19)18(20,21)22;1-6-5-8(11)3-4-9(6)14-7(2)10(12)13/h3-8H,2,9H2,1H3;3-5,7H,1-2H3,(H,12,13). The van der Waals surface area contributed by atoms with Gasteiger partial charge in [-0.2, -0.15) is 13.2 Å². The number of alkyl halides is 3. The third-order valence-electron chi connectivity index (χ3n) is 5.29. The minimum atomic E-state index is -4.61. The van der Waals surface area contributed by atoms with Crippen molar-refractivity contribution in [1.82, 2.24) is 0 Å². The predicted octanol–water partition coefficient (Wildman–Crippen LogP) is 7.28. The van der Waals surface area contributed by atoms with Crippen LogP contribution in [0, 0.1) is 17.0 Å². The van der Waals surface area contributed by atoms with Crippen molar-refractivity contribution in [2.45, 2.75) is 33.1 Å². The van der Waals surface area contributed by atoms with Crippen LogP contribution in [0.4, 0.5) is 18.9 Å². The number of aryl methyl sites for hydroxylation is 1. The molecule has 44 heavy (non-hydrogen) atoms. The number of nitro benzene ring substituents is 1. The van der Waals surface area contributed by atoms with Gasteiger partial charge in [0.15, 0.2) is 12.7 Å². The lowest BCUT2D eigenvalue weighted by atomic mass is 10.1. The summed E-state index contributed by atoms with van der Waals surface area (Å²) in [4.78, 5) is 44.3. The van der Waals surface area contributed by atoms with Gasteiger partial charge in [-0.15, -0.1) is 0 Å². The van der Waals surface area contributed by atoms with Gasteiger partial charge in [0.1, 0.15) is 22.8 Å². The van der Waals surface area contributed by atoms with E-state index in [2.05, 4.69) is 4.74 Å². The fraction of sp³-hybridized carbons (Fsp3) is 0.250. The summed E-state index contributed by atoms with van der Waals surface area (Å²) in [6.45, 7) is 4.12. The Morgan fingerprint density at radius 3 is 2.20 bits per heavy atom. The number of hydrogen-bond acceptors (Lipinski definition) is 9. The molecule has 0 aliphatic heterocycles. The maximum absolute atomic E-state index is 12.7. The molecule has 0 fully saturated rings. The molecule has 3 aromatic rings. The Bertz CT molecular complexity index is 1530. The molecule has 0 saturated heterocycles. The molecule has 0 aliphatic carbocycles. The summed E-state index contributed by atoms with van der Waals surface area (Å²) in [6.07, 6.45) is -5.46. The molecule has 0 bridgehead atoms. The lowest BCUT2D eigenvalue weighted by Crippen LogP contribution is -2.23. The van der Waals surface area contributed by atoms with Crippen molar-refractivity contribution in [2.75, 3.05) is 13.2 Å². The van der Waals surface area contributed by atoms with Crippen molar-refractivity contribution >= 4 is 46.8 Å². The molecule has 0 aromatic heterocycles. The van der Waals surface area contributed by atoms with Gasteiger partial charge in [-0.3, -0.25) is 10.1 Å². The van der Waals surface area contributed by atoms with Crippen LogP contribution in [0.15, 0.2) is 54.6 Å². The second-order valence-electron chi connectivity index (χ2n) is 8.57. The van der Waals surface area contributed by atoms with Crippen molar-refractivity contribution in [3.05, 3.63) is 91.4 Å². The van der Waals surface area contributed by atoms with Crippen molar-refractivity contribution < 1.29 is 56.5 Å². The molecule has 3 aromatic carbocycles. The zero-order valence-electron chi connectivity index (χ0n) is 23.1. The normalized spacial score (nSPS) is 11.4. The van der Waals surface area contributed by atoms with Crippen LogP contribution >= 0.6 is 23.2 Å². The number of benzene rings is 3. The van der Waals surface area contributed by atoms with E-state index in [4.69, 9.17) is 42.5 Å². The molecule has 1 unspecified atom stereocenters. The van der Waals surface area contributed by atoms with Crippen LogP contribution in [-0.2, 0) is 25.2 Å². The van der Waals surface area contributed by atoms with Gasteiger partial charge in [0.25, 0.3) is 5.69 Å². The number of nitro groups is 1. The van der Waals surface area contributed by atoms with Gasteiger partial charge < -0.3 is 24.1 Å². The number of aliphatic carboxylic acids is 1. The minimum absolute atomic E-state index is 0.0493. The molecule has 0 radical (unpaired) electrons. The molecule has 236 valence electrons. The molecular weight excluding hydrogens is 638 g/mol. The molecule has 11 nitrogen and oxygen atoms in total.